The Morgan fingerprint density at radius 1 is 1.41 bits per heavy atom. The smallest absolute Gasteiger partial charge is 0.450 e. The number of amidine groups is 1. The number of methoxy groups -OCH3 is 1. The van der Waals surface area contributed by atoms with Crippen LogP contribution in [-0.4, -0.2) is 35.7 Å². The summed E-state index contributed by atoms with van der Waals surface area (Å²) in [5.41, 5.74) is 3.30. The summed E-state index contributed by atoms with van der Waals surface area (Å²) in [7, 11) is -0.776. The highest BCUT2D eigenvalue weighted by molar-refractivity contribution is 7.89. The molecule has 5 N–H and O–H groups in total. The van der Waals surface area contributed by atoms with Crippen LogP contribution in [0.25, 0.3) is 0 Å². The van der Waals surface area contributed by atoms with Crippen LogP contribution in [0.15, 0.2) is 27.8 Å². The molecule has 1 aliphatic rings. The monoisotopic (exact) mass is 473 g/mol. The number of allylic oxidation sites excluding steroid dienone is 1. The zero-order valence-corrected chi connectivity index (χ0v) is 17.1. The van der Waals surface area contributed by atoms with Gasteiger partial charge in [0.2, 0.25) is 5.69 Å². The van der Waals surface area contributed by atoms with Crippen molar-refractivity contribution in [1.29, 1.82) is 5.41 Å². The van der Waals surface area contributed by atoms with E-state index in [-0.39, 0.29) is 16.3 Å². The minimum absolute atomic E-state index is 0.0539. The zero-order chi connectivity index (χ0) is 22.1. The molecule has 1 aromatic carbocycles. The summed E-state index contributed by atoms with van der Waals surface area (Å²) in [6.45, 7) is 0. The van der Waals surface area contributed by atoms with E-state index in [1.165, 1.54) is 6.26 Å². The van der Waals surface area contributed by atoms with Crippen LogP contribution in [0.1, 0.15) is 5.56 Å². The molecular weight excluding hydrogens is 460 g/mol. The summed E-state index contributed by atoms with van der Waals surface area (Å²) in [6, 6.07) is 1.16. The number of rotatable bonds is 4. The second kappa shape index (κ2) is 8.18. The van der Waals surface area contributed by atoms with Gasteiger partial charge in [-0.15, -0.1) is 5.43 Å². The highest BCUT2D eigenvalue weighted by Crippen LogP contribution is 2.44. The summed E-state index contributed by atoms with van der Waals surface area (Å²) >= 11 is 12.1. The molecule has 1 aliphatic heterocycles. The van der Waals surface area contributed by atoms with Crippen molar-refractivity contribution >= 4 is 57.8 Å². The lowest BCUT2D eigenvalue weighted by Crippen LogP contribution is -2.69. The first-order valence-corrected chi connectivity index (χ1v) is 9.71. The Morgan fingerprint density at radius 2 is 1.97 bits per heavy atom. The van der Waals surface area contributed by atoms with Gasteiger partial charge in [-0.1, -0.05) is 23.2 Å². The molecule has 1 amide bonds. The van der Waals surface area contributed by atoms with Crippen molar-refractivity contribution in [2.45, 2.75) is 6.18 Å². The van der Waals surface area contributed by atoms with Gasteiger partial charge in [-0.2, -0.15) is 23.7 Å². The average molecular weight is 474 g/mol. The molecule has 2 rings (SSSR count). The number of carbonyl (C=O) groups is 1. The molecule has 29 heavy (non-hydrogen) atoms. The van der Waals surface area contributed by atoms with Gasteiger partial charge in [0.1, 0.15) is 15.7 Å². The van der Waals surface area contributed by atoms with Gasteiger partial charge in [0, 0.05) is 6.26 Å². The molecule has 0 bridgehead atoms. The zero-order valence-electron chi connectivity index (χ0n) is 14.7. The van der Waals surface area contributed by atoms with Crippen LogP contribution in [-0.2, 0) is 21.7 Å². The van der Waals surface area contributed by atoms with Crippen molar-refractivity contribution in [3.05, 3.63) is 38.3 Å². The maximum Gasteiger partial charge on any atom is 0.454 e. The van der Waals surface area contributed by atoms with Crippen molar-refractivity contribution < 1.29 is 26.9 Å². The fourth-order valence-corrected chi connectivity index (χ4v) is 4.12. The molecule has 0 saturated heterocycles. The number of hydrogen-bond donors (Lipinski definition) is 4. The predicted octanol–water partition coefficient (Wildman–Crippen LogP) is 2.62. The molecule has 2 atom stereocenters. The Bertz CT molecular complexity index is 945. The number of carbonyl (C=O) groups excluding carboxylic acids is 1. The third-order valence-corrected chi connectivity index (χ3v) is 5.26. The highest BCUT2D eigenvalue weighted by Gasteiger charge is 2.53. The Kier molecular flexibility index (Phi) is 6.47. The number of hydrazone groups is 1. The van der Waals surface area contributed by atoms with Crippen molar-refractivity contribution in [3.63, 3.8) is 0 Å². The van der Waals surface area contributed by atoms with Gasteiger partial charge in [0.25, 0.3) is 5.84 Å². The Labute approximate surface area is 174 Å². The van der Waals surface area contributed by atoms with Crippen molar-refractivity contribution in [1.82, 2.24) is 15.6 Å². The van der Waals surface area contributed by atoms with Crippen LogP contribution in [0, 0.1) is 5.41 Å². The van der Waals surface area contributed by atoms with Gasteiger partial charge >= 0.3 is 12.3 Å². The Balaban J connectivity index is 2.79. The average Bonchev–Trinajstić information content (AvgIpc) is 2.86. The molecule has 9 nitrogen and oxygen atoms in total. The van der Waals surface area contributed by atoms with Gasteiger partial charge in [0.05, 0.1) is 29.7 Å². The van der Waals surface area contributed by atoms with E-state index in [0.717, 1.165) is 13.3 Å². The lowest BCUT2D eigenvalue weighted by Gasteiger charge is -2.32. The summed E-state index contributed by atoms with van der Waals surface area (Å²) in [4.78, 5) is 11.8. The molecule has 0 aliphatic carbocycles. The fraction of sp³-hybridized carbons (Fsp3) is 0.214. The van der Waals surface area contributed by atoms with Gasteiger partial charge < -0.3 is 10.6 Å². The van der Waals surface area contributed by atoms with Gasteiger partial charge in [0.15, 0.2) is 4.91 Å². The van der Waals surface area contributed by atoms with Crippen molar-refractivity contribution in [3.8, 4) is 0 Å². The second-order valence-electron chi connectivity index (χ2n) is 5.50. The molecule has 0 radical (unpaired) electrons. The Morgan fingerprint density at radius 3 is 2.38 bits per heavy atom. The highest BCUT2D eigenvalue weighted by atomic mass is 35.5. The number of quaternary nitrogens is 1. The molecule has 2 unspecified atom stereocenters. The summed E-state index contributed by atoms with van der Waals surface area (Å²) in [6.07, 6.45) is -3.59. The summed E-state index contributed by atoms with van der Waals surface area (Å²) in [5.74, 6) is 4.57. The first-order valence-electron chi connectivity index (χ1n) is 7.39. The van der Waals surface area contributed by atoms with E-state index in [1.807, 2.05) is 0 Å². The van der Waals surface area contributed by atoms with E-state index in [1.54, 1.807) is 0 Å². The number of nitrogens with one attached hydrogen (secondary N) is 3. The molecular formula is C14H14Cl2F3N6O3S+. The standard InChI is InChI=1S/C14H13Cl2F3N6O3S/c1-28-13(26)24-25(12(20)11(29(2)27)9(23-25)5-22-21)10-7(15)3-6(4-8(10)16)14(17,18)19/h3-5H,1-2H3,(H4-,20,21,23,24,26)/p+1. The van der Waals surface area contributed by atoms with Crippen LogP contribution >= 0.6 is 23.2 Å². The van der Waals surface area contributed by atoms with E-state index in [4.69, 9.17) is 34.5 Å². The number of benzene rings is 1. The second-order valence-corrected chi connectivity index (χ2v) is 7.63. The number of ether oxygens (including phenoxy) is 1. The number of amides is 1. The van der Waals surface area contributed by atoms with E-state index >= 15 is 0 Å². The maximum atomic E-state index is 13.1. The van der Waals surface area contributed by atoms with Crippen LogP contribution in [0.2, 0.25) is 10.0 Å². The van der Waals surface area contributed by atoms with E-state index in [2.05, 4.69) is 20.7 Å². The third-order valence-electron chi connectivity index (χ3n) is 3.70. The number of alkyl halides is 3. The Hall–Kier alpha value is -2.35. The van der Waals surface area contributed by atoms with Crippen LogP contribution in [0.5, 0.6) is 0 Å². The molecule has 1 heterocycles. The minimum atomic E-state index is -4.75. The molecule has 1 aromatic rings. The van der Waals surface area contributed by atoms with Crippen molar-refractivity contribution in [2.75, 3.05) is 13.4 Å². The number of hydrogen-bond acceptors (Lipinski definition) is 7. The van der Waals surface area contributed by atoms with E-state index < -0.39 is 49.2 Å². The normalized spacial score (nSPS) is 20.7. The molecule has 15 heteroatoms. The predicted molar refractivity (Wildman–Crippen MR) is 103 cm³/mol. The molecule has 0 saturated carbocycles. The lowest BCUT2D eigenvalue weighted by atomic mass is 10.2. The van der Waals surface area contributed by atoms with E-state index in [0.29, 0.717) is 12.1 Å². The lowest BCUT2D eigenvalue weighted by molar-refractivity contribution is -0.137. The number of nitrogens with two attached hydrogens (primary N) is 1. The van der Waals surface area contributed by atoms with Gasteiger partial charge in [-0.05, 0) is 16.8 Å². The first kappa shape index (κ1) is 22.9. The molecule has 0 aromatic heterocycles. The SMILES string of the molecule is COC(=O)N[N+]1(c2c(Cl)cc(C(F)(F)F)cc2Cl)NC(C=NN)=C(S(C)=O)C1=N. The van der Waals surface area contributed by atoms with Gasteiger partial charge in [-0.25, -0.2) is 10.2 Å². The van der Waals surface area contributed by atoms with Crippen LogP contribution in [0.3, 0.4) is 0 Å². The summed E-state index contributed by atoms with van der Waals surface area (Å²) in [5, 5.41) is 10.7. The minimum Gasteiger partial charge on any atom is -0.450 e. The van der Waals surface area contributed by atoms with Crippen molar-refractivity contribution in [2.24, 2.45) is 10.9 Å². The number of nitrogens with zero attached hydrogens (tertiary/aromatic N) is 2. The topological polar surface area (TPSA) is 130 Å². The largest absolute Gasteiger partial charge is 0.454 e. The molecule has 0 fully saturated rings. The third kappa shape index (κ3) is 4.17. The number of halogens is 5. The summed E-state index contributed by atoms with van der Waals surface area (Å²) < 4.78 is 54.7. The van der Waals surface area contributed by atoms with E-state index in [9.17, 15) is 22.2 Å². The molecule has 0 spiro atoms. The first-order chi connectivity index (χ1) is 13.4. The molecule has 158 valence electrons. The maximum absolute atomic E-state index is 13.1. The van der Waals surface area contributed by atoms with Crippen LogP contribution in [0.4, 0.5) is 23.7 Å². The quantitative estimate of drug-likeness (QED) is 0.231. The fourth-order valence-electron chi connectivity index (χ4n) is 2.56. The van der Waals surface area contributed by atoms with Gasteiger partial charge in [-0.3, -0.25) is 4.21 Å². The van der Waals surface area contributed by atoms with Crippen LogP contribution < -0.4 is 21.4 Å².